The largest absolute Gasteiger partial charge is 0.0885 e. The lowest BCUT2D eigenvalue weighted by molar-refractivity contribution is 0.672. The monoisotopic (exact) mass is 216 g/mol. The van der Waals surface area contributed by atoms with Gasteiger partial charge in [-0.2, -0.15) is 0 Å². The Hall–Kier alpha value is -1.04. The fraction of sp³-hybridized carbons (Fsp3) is 0.500. The molecule has 88 valence electrons. The molecule has 1 unspecified atom stereocenters. The first kappa shape index (κ1) is 13.0. The van der Waals surface area contributed by atoms with Crippen LogP contribution in [0.25, 0.3) is 0 Å². The molecule has 1 atom stereocenters. The van der Waals surface area contributed by atoms with Gasteiger partial charge >= 0.3 is 0 Å². The zero-order valence-electron chi connectivity index (χ0n) is 10.7. The molecule has 16 heavy (non-hydrogen) atoms. The minimum atomic E-state index is 0.694. The Morgan fingerprint density at radius 1 is 1.06 bits per heavy atom. The van der Waals surface area contributed by atoms with Crippen LogP contribution in [0, 0.1) is 0 Å². The fourth-order valence-electron chi connectivity index (χ4n) is 1.96. The quantitative estimate of drug-likeness (QED) is 0.427. The van der Waals surface area contributed by atoms with E-state index in [1.807, 2.05) is 0 Å². The highest BCUT2D eigenvalue weighted by Crippen LogP contribution is 2.23. The molecule has 0 bridgehead atoms. The normalized spacial score (nSPS) is 13.1. The molecule has 1 aromatic carbocycles. The van der Waals surface area contributed by atoms with Crippen LogP contribution >= 0.6 is 0 Å². The maximum absolute atomic E-state index is 2.36. The van der Waals surface area contributed by atoms with E-state index in [9.17, 15) is 0 Å². The van der Waals surface area contributed by atoms with E-state index in [-0.39, 0.29) is 0 Å². The fourth-order valence-corrected chi connectivity index (χ4v) is 1.96. The molecule has 0 radical (unpaired) electrons. The smallest absolute Gasteiger partial charge is 0.0130 e. The molecule has 0 aliphatic rings. The summed E-state index contributed by atoms with van der Waals surface area (Å²) >= 11 is 0. The maximum Gasteiger partial charge on any atom is -0.0130 e. The summed E-state index contributed by atoms with van der Waals surface area (Å²) < 4.78 is 0. The lowest BCUT2D eigenvalue weighted by Gasteiger charge is -2.12. The Bertz CT molecular complexity index is 284. The molecule has 0 heteroatoms. The number of allylic oxidation sites excluding steroid dienone is 2. The van der Waals surface area contributed by atoms with Crippen molar-refractivity contribution in [1.82, 2.24) is 0 Å². The van der Waals surface area contributed by atoms with E-state index in [0.717, 1.165) is 0 Å². The minimum absolute atomic E-state index is 0.694. The molecule has 0 heterocycles. The van der Waals surface area contributed by atoms with Crippen LogP contribution in [0.15, 0.2) is 42.5 Å². The van der Waals surface area contributed by atoms with Crippen LogP contribution < -0.4 is 0 Å². The second-order valence-corrected chi connectivity index (χ2v) is 4.37. The number of hydrogen-bond acceptors (Lipinski definition) is 0. The third-order valence-electron chi connectivity index (χ3n) is 3.08. The summed E-state index contributed by atoms with van der Waals surface area (Å²) in [4.78, 5) is 0. The summed E-state index contributed by atoms with van der Waals surface area (Å²) in [6.07, 6.45) is 11.0. The average molecular weight is 216 g/mol. The van der Waals surface area contributed by atoms with Crippen molar-refractivity contribution in [3.05, 3.63) is 48.0 Å². The van der Waals surface area contributed by atoms with E-state index in [0.29, 0.717) is 5.92 Å². The number of benzene rings is 1. The van der Waals surface area contributed by atoms with Gasteiger partial charge in [-0.25, -0.2) is 0 Å². The highest BCUT2D eigenvalue weighted by molar-refractivity contribution is 5.20. The minimum Gasteiger partial charge on any atom is -0.0885 e. The van der Waals surface area contributed by atoms with Gasteiger partial charge in [-0.3, -0.25) is 0 Å². The third kappa shape index (κ3) is 4.65. The van der Waals surface area contributed by atoms with Crippen molar-refractivity contribution in [1.29, 1.82) is 0 Å². The van der Waals surface area contributed by atoms with Gasteiger partial charge in [-0.15, -0.1) is 0 Å². The Balaban J connectivity index is 2.41. The zero-order valence-corrected chi connectivity index (χ0v) is 10.7. The summed E-state index contributed by atoms with van der Waals surface area (Å²) in [6, 6.07) is 10.9. The summed E-state index contributed by atoms with van der Waals surface area (Å²) in [7, 11) is 0. The van der Waals surface area contributed by atoms with Gasteiger partial charge < -0.3 is 0 Å². The predicted octanol–water partition coefficient (Wildman–Crippen LogP) is 5.32. The highest BCUT2D eigenvalue weighted by atomic mass is 14.1. The summed E-state index contributed by atoms with van der Waals surface area (Å²) in [6.45, 7) is 4.52. The van der Waals surface area contributed by atoms with E-state index in [2.05, 4.69) is 56.3 Å². The van der Waals surface area contributed by atoms with E-state index < -0.39 is 0 Å². The van der Waals surface area contributed by atoms with Gasteiger partial charge in [0.1, 0.15) is 0 Å². The second kappa shape index (κ2) is 8.15. The topological polar surface area (TPSA) is 0 Å². The molecule has 0 saturated carbocycles. The molecule has 0 aliphatic heterocycles. The SMILES string of the molecule is CCCCC=CCC(CC)c1ccccc1. The Kier molecular flexibility index (Phi) is 6.64. The number of rotatable bonds is 7. The first-order valence-electron chi connectivity index (χ1n) is 6.58. The molecule has 0 nitrogen and oxygen atoms in total. The van der Waals surface area contributed by atoms with Gasteiger partial charge in [-0.05, 0) is 30.7 Å². The van der Waals surface area contributed by atoms with E-state index >= 15 is 0 Å². The maximum atomic E-state index is 2.36. The Morgan fingerprint density at radius 2 is 1.81 bits per heavy atom. The second-order valence-electron chi connectivity index (χ2n) is 4.37. The molecule has 1 rings (SSSR count). The third-order valence-corrected chi connectivity index (χ3v) is 3.08. The molecule has 0 amide bonds. The molecule has 0 spiro atoms. The van der Waals surface area contributed by atoms with Gasteiger partial charge in [-0.1, -0.05) is 69.2 Å². The standard InChI is InChI=1S/C16H24/c1-3-5-6-7-9-12-15(4-2)16-13-10-8-11-14-16/h7-11,13-15H,3-6,12H2,1-2H3. The molecule has 0 fully saturated rings. The van der Waals surface area contributed by atoms with Gasteiger partial charge in [0.2, 0.25) is 0 Å². The number of unbranched alkanes of at least 4 members (excludes halogenated alkanes) is 2. The van der Waals surface area contributed by atoms with Crippen molar-refractivity contribution in [3.8, 4) is 0 Å². The van der Waals surface area contributed by atoms with Gasteiger partial charge in [0.15, 0.2) is 0 Å². The van der Waals surface area contributed by atoms with Crippen LogP contribution in [0.2, 0.25) is 0 Å². The van der Waals surface area contributed by atoms with Crippen LogP contribution in [0.4, 0.5) is 0 Å². The average Bonchev–Trinajstić information content (AvgIpc) is 2.35. The molecule has 0 N–H and O–H groups in total. The van der Waals surface area contributed by atoms with Crippen LogP contribution in [0.5, 0.6) is 0 Å². The molecule has 0 aromatic heterocycles. The molecule has 0 saturated heterocycles. The van der Waals surface area contributed by atoms with Gasteiger partial charge in [0.25, 0.3) is 0 Å². The molecule has 0 aliphatic carbocycles. The van der Waals surface area contributed by atoms with Crippen LogP contribution in [-0.2, 0) is 0 Å². The lowest BCUT2D eigenvalue weighted by atomic mass is 9.93. The van der Waals surface area contributed by atoms with E-state index in [1.54, 1.807) is 0 Å². The van der Waals surface area contributed by atoms with Crippen molar-refractivity contribution in [2.45, 2.75) is 51.9 Å². The molecule has 1 aromatic rings. The van der Waals surface area contributed by atoms with Crippen molar-refractivity contribution in [2.75, 3.05) is 0 Å². The number of hydrogen-bond donors (Lipinski definition) is 0. The van der Waals surface area contributed by atoms with E-state index in [4.69, 9.17) is 0 Å². The summed E-state index contributed by atoms with van der Waals surface area (Å²) in [5, 5.41) is 0. The van der Waals surface area contributed by atoms with Crippen molar-refractivity contribution >= 4 is 0 Å². The van der Waals surface area contributed by atoms with Gasteiger partial charge in [0.05, 0.1) is 0 Å². The van der Waals surface area contributed by atoms with Crippen LogP contribution in [0.1, 0.15) is 57.4 Å². The molecular formula is C16H24. The lowest BCUT2D eigenvalue weighted by Crippen LogP contribution is -1.94. The van der Waals surface area contributed by atoms with Crippen LogP contribution in [-0.4, -0.2) is 0 Å². The first-order chi connectivity index (χ1) is 7.88. The van der Waals surface area contributed by atoms with Crippen molar-refractivity contribution < 1.29 is 0 Å². The first-order valence-corrected chi connectivity index (χ1v) is 6.58. The predicted molar refractivity (Wildman–Crippen MR) is 72.8 cm³/mol. The molecular weight excluding hydrogens is 192 g/mol. The van der Waals surface area contributed by atoms with Crippen molar-refractivity contribution in [2.24, 2.45) is 0 Å². The summed E-state index contributed by atoms with van der Waals surface area (Å²) in [5.41, 5.74) is 1.48. The van der Waals surface area contributed by atoms with Crippen LogP contribution in [0.3, 0.4) is 0 Å². The van der Waals surface area contributed by atoms with Gasteiger partial charge in [0, 0.05) is 0 Å². The zero-order chi connectivity index (χ0) is 11.6. The van der Waals surface area contributed by atoms with Crippen molar-refractivity contribution in [3.63, 3.8) is 0 Å². The summed E-state index contributed by atoms with van der Waals surface area (Å²) in [5.74, 6) is 0.694. The Labute approximate surface area is 100 Å². The Morgan fingerprint density at radius 3 is 2.44 bits per heavy atom. The highest BCUT2D eigenvalue weighted by Gasteiger charge is 2.05. The van der Waals surface area contributed by atoms with E-state index in [1.165, 1.54) is 37.7 Å².